The van der Waals surface area contributed by atoms with E-state index >= 15 is 0 Å². The minimum absolute atomic E-state index is 0.0122. The van der Waals surface area contributed by atoms with Crippen molar-refractivity contribution in [2.45, 2.75) is 111 Å². The molecule has 14 N–H and O–H groups in total. The zero-order chi connectivity index (χ0) is 33.1. The van der Waals surface area contributed by atoms with Crippen molar-refractivity contribution in [1.82, 2.24) is 10.6 Å². The Labute approximate surface area is 269 Å². The first-order valence-corrected chi connectivity index (χ1v) is 16.1. The van der Waals surface area contributed by atoms with Crippen LogP contribution in [-0.2, 0) is 33.5 Å². The molecule has 0 amide bonds. The van der Waals surface area contributed by atoms with Crippen molar-refractivity contribution in [1.29, 1.82) is 0 Å². The minimum Gasteiger partial charge on any atom is -0.389 e. The second kappa shape index (κ2) is 19.1. The molecule has 2 aliphatic carbocycles. The minimum atomic E-state index is -1.36. The van der Waals surface area contributed by atoms with Gasteiger partial charge in [0.05, 0.1) is 32.0 Å². The van der Waals surface area contributed by atoms with Crippen molar-refractivity contribution in [3.8, 4) is 0 Å². The van der Waals surface area contributed by atoms with Gasteiger partial charge in [0.15, 0.2) is 12.6 Å². The molecule has 0 saturated heterocycles. The molecule has 4 rings (SSSR count). The quantitative estimate of drug-likeness (QED) is 0.0232. The van der Waals surface area contributed by atoms with Gasteiger partial charge in [0.1, 0.15) is 30.5 Å². The van der Waals surface area contributed by atoms with E-state index in [1.807, 2.05) is 24.3 Å². The van der Waals surface area contributed by atoms with Gasteiger partial charge in [0, 0.05) is 63.2 Å². The topological polar surface area (TPSA) is 274 Å². The lowest BCUT2D eigenvalue weighted by molar-refractivity contribution is -0.417. The molecule has 2 heterocycles. The van der Waals surface area contributed by atoms with E-state index in [0.29, 0.717) is 52.0 Å². The molecule has 46 heavy (non-hydrogen) atoms. The number of nitrogens with one attached hydrogen (secondary N) is 2. The molecule has 17 heteroatoms. The summed E-state index contributed by atoms with van der Waals surface area (Å²) in [5, 5.41) is 48.1. The summed E-state index contributed by atoms with van der Waals surface area (Å²) in [5.74, 6) is 0. The van der Waals surface area contributed by atoms with Crippen LogP contribution in [0.15, 0.2) is 24.3 Å². The summed E-state index contributed by atoms with van der Waals surface area (Å²) in [4.78, 5) is 10.5. The first kappa shape index (κ1) is 37.6. The van der Waals surface area contributed by atoms with E-state index in [1.54, 1.807) is 0 Å². The molecule has 0 aromatic rings. The van der Waals surface area contributed by atoms with E-state index in [-0.39, 0.29) is 19.7 Å². The van der Waals surface area contributed by atoms with E-state index < -0.39 is 85.8 Å². The Balaban J connectivity index is 1.11. The standard InChI is InChI=1S/C29H54N6O11/c30-17-11-19(32)26(43-22-5-1-3-9-40-22)28(24(17)38)42-15-16(36)13-34-7-8-35-14-21(37)45-46-29-25(39)18(31)12-20(33)27(29)44-23-6-2-4-10-41-23/h1-4,16-29,34-39H,5-15,30-33H2/t16?,17-,18-,19+,20+,21?,22?,23?,24+,25+,26-,27-,28-,29-/m1/s1. The van der Waals surface area contributed by atoms with Gasteiger partial charge in [0.25, 0.3) is 0 Å². The van der Waals surface area contributed by atoms with Crippen LogP contribution in [0.25, 0.3) is 0 Å². The molecular weight excluding hydrogens is 608 g/mol. The second-order valence-electron chi connectivity index (χ2n) is 12.2. The summed E-state index contributed by atoms with van der Waals surface area (Å²) < 4.78 is 29.0. The van der Waals surface area contributed by atoms with Gasteiger partial charge in [-0.05, 0) is 12.8 Å². The van der Waals surface area contributed by atoms with Crippen molar-refractivity contribution in [3.63, 3.8) is 0 Å². The molecule has 4 aliphatic rings. The molecule has 0 radical (unpaired) electrons. The largest absolute Gasteiger partial charge is 0.389 e. The van der Waals surface area contributed by atoms with Gasteiger partial charge < -0.3 is 77.7 Å². The van der Waals surface area contributed by atoms with E-state index in [4.69, 9.17) is 56.4 Å². The Morgan fingerprint density at radius 3 is 1.76 bits per heavy atom. The normalized spacial score (nSPS) is 39.7. The first-order valence-electron chi connectivity index (χ1n) is 16.1. The maximum atomic E-state index is 10.7. The maximum absolute atomic E-state index is 10.7. The van der Waals surface area contributed by atoms with Gasteiger partial charge >= 0.3 is 0 Å². The Kier molecular flexibility index (Phi) is 15.6. The number of aliphatic hydroxyl groups is 4. The van der Waals surface area contributed by atoms with E-state index in [0.717, 1.165) is 0 Å². The summed E-state index contributed by atoms with van der Waals surface area (Å²) in [5.41, 5.74) is 24.6. The predicted octanol–water partition coefficient (Wildman–Crippen LogP) is -4.24. The van der Waals surface area contributed by atoms with Gasteiger partial charge in [0.2, 0.25) is 6.29 Å². The fraction of sp³-hybridized carbons (Fsp3) is 0.862. The number of hydrogen-bond acceptors (Lipinski definition) is 17. The smallest absolute Gasteiger partial charge is 0.201 e. The number of aliphatic hydroxyl groups excluding tert-OH is 4. The summed E-state index contributed by atoms with van der Waals surface area (Å²) in [6.45, 7) is 1.84. The molecule has 0 aromatic carbocycles. The molecule has 2 aliphatic heterocycles. The lowest BCUT2D eigenvalue weighted by Gasteiger charge is -2.43. The van der Waals surface area contributed by atoms with Crippen LogP contribution in [0.5, 0.6) is 0 Å². The predicted molar refractivity (Wildman–Crippen MR) is 163 cm³/mol. The average molecular weight is 663 g/mol. The van der Waals surface area contributed by atoms with Gasteiger partial charge in [-0.1, -0.05) is 24.3 Å². The average Bonchev–Trinajstić information content (AvgIpc) is 3.04. The van der Waals surface area contributed by atoms with Crippen LogP contribution in [0.1, 0.15) is 25.7 Å². The number of hydrogen-bond donors (Lipinski definition) is 10. The van der Waals surface area contributed by atoms with Crippen LogP contribution in [0.4, 0.5) is 0 Å². The Morgan fingerprint density at radius 1 is 0.696 bits per heavy atom. The third-order valence-electron chi connectivity index (χ3n) is 8.43. The fourth-order valence-corrected chi connectivity index (χ4v) is 5.87. The summed E-state index contributed by atoms with van der Waals surface area (Å²) in [6.07, 6.45) is 0.756. The molecule has 0 spiro atoms. The van der Waals surface area contributed by atoms with Crippen molar-refractivity contribution < 1.29 is 53.9 Å². The van der Waals surface area contributed by atoms with Crippen LogP contribution < -0.4 is 33.6 Å². The Morgan fingerprint density at radius 2 is 1.22 bits per heavy atom. The molecular formula is C29H54N6O11. The Bertz CT molecular complexity index is 868. The first-order chi connectivity index (χ1) is 22.1. The highest BCUT2D eigenvalue weighted by Gasteiger charge is 2.46. The zero-order valence-electron chi connectivity index (χ0n) is 26.1. The van der Waals surface area contributed by atoms with Gasteiger partial charge in [-0.15, -0.1) is 0 Å². The summed E-state index contributed by atoms with van der Waals surface area (Å²) in [7, 11) is 0. The van der Waals surface area contributed by atoms with E-state index in [1.165, 1.54) is 0 Å². The molecule has 266 valence electrons. The maximum Gasteiger partial charge on any atom is 0.201 e. The molecule has 4 unspecified atom stereocenters. The molecule has 2 saturated carbocycles. The van der Waals surface area contributed by atoms with Gasteiger partial charge in [-0.25, -0.2) is 9.78 Å². The number of rotatable bonds is 17. The van der Waals surface area contributed by atoms with Crippen LogP contribution in [-0.4, -0.2) is 152 Å². The lowest BCUT2D eigenvalue weighted by Crippen LogP contribution is -2.63. The van der Waals surface area contributed by atoms with Crippen LogP contribution in [0.2, 0.25) is 0 Å². The van der Waals surface area contributed by atoms with Crippen LogP contribution in [0, 0.1) is 0 Å². The van der Waals surface area contributed by atoms with Crippen molar-refractivity contribution >= 4 is 0 Å². The van der Waals surface area contributed by atoms with Crippen molar-refractivity contribution in [2.24, 2.45) is 22.9 Å². The Hall–Kier alpha value is -1.20. The van der Waals surface area contributed by atoms with Gasteiger partial charge in [-0.3, -0.25) is 0 Å². The van der Waals surface area contributed by atoms with Crippen molar-refractivity contribution in [3.05, 3.63) is 24.3 Å². The van der Waals surface area contributed by atoms with Crippen molar-refractivity contribution in [2.75, 3.05) is 46.0 Å². The number of ether oxygens (including phenoxy) is 5. The highest BCUT2D eigenvalue weighted by molar-refractivity contribution is 5.00. The summed E-state index contributed by atoms with van der Waals surface area (Å²) >= 11 is 0. The van der Waals surface area contributed by atoms with E-state index in [9.17, 15) is 20.4 Å². The fourth-order valence-electron chi connectivity index (χ4n) is 5.87. The second-order valence-corrected chi connectivity index (χ2v) is 12.2. The summed E-state index contributed by atoms with van der Waals surface area (Å²) in [6, 6.07) is -2.22. The molecule has 17 nitrogen and oxygen atoms in total. The molecule has 14 atom stereocenters. The van der Waals surface area contributed by atoms with Gasteiger partial charge in [-0.2, -0.15) is 0 Å². The van der Waals surface area contributed by atoms with E-state index in [2.05, 4.69) is 10.6 Å². The third kappa shape index (κ3) is 11.2. The number of nitrogens with two attached hydrogens (primary N) is 4. The monoisotopic (exact) mass is 662 g/mol. The lowest BCUT2D eigenvalue weighted by atomic mass is 9.84. The zero-order valence-corrected chi connectivity index (χ0v) is 26.1. The third-order valence-corrected chi connectivity index (χ3v) is 8.43. The van der Waals surface area contributed by atoms with Crippen LogP contribution >= 0.6 is 0 Å². The van der Waals surface area contributed by atoms with Crippen LogP contribution in [0.3, 0.4) is 0 Å². The molecule has 0 bridgehead atoms. The SMILES string of the molecule is N[C@@H]1C[C@H](N)[C@@H](OC2CC=CCO2)[C@H](OCC(O)CNCCNCC(O)OO[C@@H]2[C@@H](O)[C@H](N)C[C@H](N)[C@H]2OC2CC=CCO2)[C@H]1O. The highest BCUT2D eigenvalue weighted by Crippen LogP contribution is 2.28. The molecule has 2 fully saturated rings. The highest BCUT2D eigenvalue weighted by atomic mass is 17.2. The molecule has 0 aromatic heterocycles.